The molecule has 0 unspecified atom stereocenters. The van der Waals surface area contributed by atoms with Crippen molar-refractivity contribution in [2.45, 2.75) is 91.9 Å². The van der Waals surface area contributed by atoms with Crippen molar-refractivity contribution in [3.8, 4) is 39.1 Å². The summed E-state index contributed by atoms with van der Waals surface area (Å²) in [6, 6.07) is 31.2. The Balaban J connectivity index is 1.58. The number of ether oxygens (including phenoxy) is 1. The van der Waals surface area contributed by atoms with Crippen LogP contribution < -0.4 is 4.74 Å². The van der Waals surface area contributed by atoms with Crippen LogP contribution in [0.5, 0.6) is 5.75 Å². The second kappa shape index (κ2) is 15.5. The maximum Gasteiger partial charge on any atom is 0.134 e. The van der Waals surface area contributed by atoms with Gasteiger partial charge in [0.05, 0.1) is 6.61 Å². The summed E-state index contributed by atoms with van der Waals surface area (Å²) in [6.07, 6.45) is 13.3. The minimum absolute atomic E-state index is 0.748. The normalized spacial score (nSPS) is 11.1. The topological polar surface area (TPSA) is 9.23 Å². The molecule has 0 spiro atoms. The first-order valence-electron chi connectivity index (χ1n) is 15.6. The molecule has 0 aliphatic carbocycles. The van der Waals surface area contributed by atoms with Gasteiger partial charge in [-0.1, -0.05) is 154 Å². The van der Waals surface area contributed by atoms with E-state index in [9.17, 15) is 0 Å². The van der Waals surface area contributed by atoms with Crippen LogP contribution in [-0.4, -0.2) is 6.61 Å². The molecule has 210 valence electrons. The molecule has 0 saturated carbocycles. The minimum Gasteiger partial charge on any atom is -0.492 e. The Morgan fingerprint density at radius 1 is 0.425 bits per heavy atom. The second-order valence-electron chi connectivity index (χ2n) is 11.5. The molecule has 0 aliphatic heterocycles. The summed E-state index contributed by atoms with van der Waals surface area (Å²) in [7, 11) is 0. The number of aryl methyl sites for hydroxylation is 3. The van der Waals surface area contributed by atoms with Crippen LogP contribution in [0.3, 0.4) is 0 Å². The van der Waals surface area contributed by atoms with Gasteiger partial charge in [0.1, 0.15) is 5.75 Å². The van der Waals surface area contributed by atoms with Crippen LogP contribution in [-0.2, 0) is 0 Å². The fourth-order valence-corrected chi connectivity index (χ4v) is 5.36. The summed E-state index contributed by atoms with van der Waals surface area (Å²) in [5, 5.41) is 0. The van der Waals surface area contributed by atoms with Crippen molar-refractivity contribution in [1.82, 2.24) is 0 Å². The molecule has 0 saturated heterocycles. The van der Waals surface area contributed by atoms with Crippen molar-refractivity contribution < 1.29 is 4.74 Å². The zero-order valence-electron chi connectivity index (χ0n) is 25.3. The number of unbranched alkanes of at least 4 members (excludes halogenated alkanes) is 9. The van der Waals surface area contributed by atoms with E-state index in [4.69, 9.17) is 4.74 Å². The Morgan fingerprint density at radius 2 is 0.800 bits per heavy atom. The van der Waals surface area contributed by atoms with E-state index >= 15 is 0 Å². The van der Waals surface area contributed by atoms with Crippen LogP contribution in [0.4, 0.5) is 0 Å². The number of hydrogen-bond donors (Lipinski definition) is 0. The smallest absolute Gasteiger partial charge is 0.134 e. The first kappa shape index (κ1) is 29.7. The lowest BCUT2D eigenvalue weighted by Gasteiger charge is -2.19. The van der Waals surface area contributed by atoms with Gasteiger partial charge in [0.15, 0.2) is 0 Å². The highest BCUT2D eigenvalue weighted by molar-refractivity contribution is 5.88. The summed E-state index contributed by atoms with van der Waals surface area (Å²) in [5.41, 5.74) is 11.0. The molecule has 0 bridgehead atoms. The second-order valence-corrected chi connectivity index (χ2v) is 11.5. The fraction of sp³-hybridized carbons (Fsp3) is 0.385. The highest BCUT2D eigenvalue weighted by atomic mass is 16.5. The van der Waals surface area contributed by atoms with Crippen LogP contribution in [0.2, 0.25) is 0 Å². The molecule has 0 radical (unpaired) electrons. The fourth-order valence-electron chi connectivity index (χ4n) is 5.36. The summed E-state index contributed by atoms with van der Waals surface area (Å²) < 4.78 is 6.72. The van der Waals surface area contributed by atoms with Gasteiger partial charge in [-0.3, -0.25) is 0 Å². The Labute approximate surface area is 243 Å². The summed E-state index contributed by atoms with van der Waals surface area (Å²) in [6.45, 7) is 9.47. The maximum absolute atomic E-state index is 6.72. The molecule has 0 aliphatic rings. The van der Waals surface area contributed by atoms with Crippen molar-refractivity contribution in [1.29, 1.82) is 0 Å². The largest absolute Gasteiger partial charge is 0.492 e. The van der Waals surface area contributed by atoms with E-state index in [1.165, 1.54) is 108 Å². The average Bonchev–Trinajstić information content (AvgIpc) is 2.97. The Hall–Kier alpha value is -3.32. The molecule has 0 fully saturated rings. The van der Waals surface area contributed by atoms with Crippen molar-refractivity contribution in [3.05, 3.63) is 102 Å². The van der Waals surface area contributed by atoms with Crippen molar-refractivity contribution >= 4 is 0 Å². The lowest BCUT2D eigenvalue weighted by atomic mass is 9.91. The van der Waals surface area contributed by atoms with Crippen LogP contribution in [0.25, 0.3) is 33.4 Å². The number of benzene rings is 4. The molecule has 0 amide bonds. The van der Waals surface area contributed by atoms with E-state index in [0.717, 1.165) is 18.8 Å². The third kappa shape index (κ3) is 8.59. The van der Waals surface area contributed by atoms with Gasteiger partial charge in [-0.05, 0) is 61.6 Å². The lowest BCUT2D eigenvalue weighted by Crippen LogP contribution is -2.02. The molecule has 0 aromatic heterocycles. The van der Waals surface area contributed by atoms with Crippen LogP contribution in [0.15, 0.2) is 84.9 Å². The van der Waals surface area contributed by atoms with E-state index in [1.54, 1.807) is 0 Å². The predicted molar refractivity (Wildman–Crippen MR) is 174 cm³/mol. The molecule has 40 heavy (non-hydrogen) atoms. The van der Waals surface area contributed by atoms with Crippen LogP contribution >= 0.6 is 0 Å². The summed E-state index contributed by atoms with van der Waals surface area (Å²) in [5.74, 6) is 1.000. The standard InChI is InChI=1S/C39H48O/c1-5-6-7-8-9-10-11-12-13-14-27-40-39-37(34-23-17-31(3)18-24-34)28-36(33-21-15-30(2)16-22-33)29-38(39)35-25-19-32(4)20-26-35/h15-26,28-29H,5-14,27H2,1-4H3. The van der Waals surface area contributed by atoms with E-state index in [0.29, 0.717) is 0 Å². The predicted octanol–water partition coefficient (Wildman–Crippen LogP) is 11.9. The van der Waals surface area contributed by atoms with Crippen molar-refractivity contribution in [3.63, 3.8) is 0 Å². The van der Waals surface area contributed by atoms with Gasteiger partial charge in [0, 0.05) is 11.1 Å². The lowest BCUT2D eigenvalue weighted by molar-refractivity contribution is 0.306. The molecule has 4 rings (SSSR count). The highest BCUT2D eigenvalue weighted by Crippen LogP contribution is 2.43. The van der Waals surface area contributed by atoms with E-state index in [-0.39, 0.29) is 0 Å². The van der Waals surface area contributed by atoms with E-state index in [1.807, 2.05) is 0 Å². The first-order valence-corrected chi connectivity index (χ1v) is 15.6. The van der Waals surface area contributed by atoms with Gasteiger partial charge in [-0.15, -0.1) is 0 Å². The SMILES string of the molecule is CCCCCCCCCCCCOc1c(-c2ccc(C)cc2)cc(-c2ccc(C)cc2)cc1-c1ccc(C)cc1. The third-order valence-electron chi connectivity index (χ3n) is 7.94. The van der Waals surface area contributed by atoms with Crippen molar-refractivity contribution in [2.24, 2.45) is 0 Å². The molecular formula is C39H48O. The van der Waals surface area contributed by atoms with Gasteiger partial charge >= 0.3 is 0 Å². The molecular weight excluding hydrogens is 484 g/mol. The zero-order valence-corrected chi connectivity index (χ0v) is 25.3. The van der Waals surface area contributed by atoms with Crippen molar-refractivity contribution in [2.75, 3.05) is 6.61 Å². The van der Waals surface area contributed by atoms with Crippen LogP contribution in [0.1, 0.15) is 87.8 Å². The summed E-state index contributed by atoms with van der Waals surface area (Å²) >= 11 is 0. The highest BCUT2D eigenvalue weighted by Gasteiger charge is 2.17. The number of rotatable bonds is 15. The zero-order chi connectivity index (χ0) is 28.2. The van der Waals surface area contributed by atoms with E-state index in [2.05, 4.69) is 113 Å². The minimum atomic E-state index is 0.748. The quantitative estimate of drug-likeness (QED) is 0.138. The molecule has 1 heteroatoms. The first-order chi connectivity index (χ1) is 19.5. The molecule has 0 atom stereocenters. The van der Waals surface area contributed by atoms with Gasteiger partial charge in [-0.25, -0.2) is 0 Å². The summed E-state index contributed by atoms with van der Waals surface area (Å²) in [4.78, 5) is 0. The maximum atomic E-state index is 6.72. The molecule has 4 aromatic carbocycles. The Bertz CT molecular complexity index is 1230. The molecule has 1 nitrogen and oxygen atoms in total. The average molecular weight is 533 g/mol. The molecule has 0 heterocycles. The van der Waals surface area contributed by atoms with Gasteiger partial charge in [0.25, 0.3) is 0 Å². The number of hydrogen-bond acceptors (Lipinski definition) is 1. The monoisotopic (exact) mass is 532 g/mol. The van der Waals surface area contributed by atoms with Gasteiger partial charge < -0.3 is 4.74 Å². The Kier molecular flexibility index (Phi) is 11.5. The third-order valence-corrected chi connectivity index (χ3v) is 7.94. The molecule has 0 N–H and O–H groups in total. The molecule has 4 aromatic rings. The van der Waals surface area contributed by atoms with Crippen LogP contribution in [0, 0.1) is 20.8 Å². The van der Waals surface area contributed by atoms with E-state index < -0.39 is 0 Å². The Morgan fingerprint density at radius 3 is 1.23 bits per heavy atom. The van der Waals surface area contributed by atoms with Gasteiger partial charge in [-0.2, -0.15) is 0 Å². The van der Waals surface area contributed by atoms with Gasteiger partial charge in [0.2, 0.25) is 0 Å².